The van der Waals surface area contributed by atoms with Crippen molar-refractivity contribution in [1.29, 1.82) is 0 Å². The third-order valence-electron chi connectivity index (χ3n) is 5.20. The monoisotopic (exact) mass is 475 g/mol. The second-order valence-electron chi connectivity index (χ2n) is 9.07. The van der Waals surface area contributed by atoms with Gasteiger partial charge < -0.3 is 0 Å². The molecule has 0 saturated heterocycles. The summed E-state index contributed by atoms with van der Waals surface area (Å²) in [6, 6.07) is 9.75. The molecule has 0 aliphatic carbocycles. The molecule has 0 radical (unpaired) electrons. The lowest BCUT2D eigenvalue weighted by atomic mass is 10.0. The normalized spacial score (nSPS) is 14.5. The van der Waals surface area contributed by atoms with E-state index < -0.39 is 25.6 Å². The van der Waals surface area contributed by atoms with Crippen LogP contribution in [0.2, 0.25) is 0 Å². The molecule has 0 aliphatic heterocycles. The minimum absolute atomic E-state index is 0.200. The zero-order valence-corrected chi connectivity index (χ0v) is 21.0. The Morgan fingerprint density at radius 3 is 2.25 bits per heavy atom. The highest BCUT2D eigenvalue weighted by Crippen LogP contribution is 2.27. The lowest BCUT2D eigenvalue weighted by molar-refractivity contribution is 0.602. The number of fused-ring (bicyclic) bond motifs is 1. The molecular weight excluding hydrogens is 446 g/mol. The summed E-state index contributed by atoms with van der Waals surface area (Å²) in [5, 5.41) is 0.481. The molecule has 0 bridgehead atoms. The molecule has 0 fully saturated rings. The predicted molar refractivity (Wildman–Crippen MR) is 130 cm³/mol. The van der Waals surface area contributed by atoms with Gasteiger partial charge in [-0.15, -0.1) is 0 Å². The largest absolute Gasteiger partial charge is 0.295 e. The summed E-state index contributed by atoms with van der Waals surface area (Å²) in [5.74, 6) is 0.428. The third kappa shape index (κ3) is 4.84. The topological polar surface area (TPSA) is 98.1 Å². The van der Waals surface area contributed by atoms with E-state index in [1.165, 1.54) is 16.7 Å². The summed E-state index contributed by atoms with van der Waals surface area (Å²) in [7, 11) is -2.98. The van der Waals surface area contributed by atoms with Crippen molar-refractivity contribution in [3.05, 3.63) is 57.9 Å². The van der Waals surface area contributed by atoms with E-state index in [1.807, 2.05) is 40.7 Å². The van der Waals surface area contributed by atoms with Crippen LogP contribution >= 0.6 is 0 Å². The molecule has 1 heterocycles. The molecule has 7 nitrogen and oxygen atoms in total. The van der Waals surface area contributed by atoms with E-state index in [2.05, 4.69) is 4.72 Å². The van der Waals surface area contributed by atoms with Gasteiger partial charge in [0.05, 0.1) is 31.5 Å². The van der Waals surface area contributed by atoms with E-state index in [-0.39, 0.29) is 16.5 Å². The highest BCUT2D eigenvalue weighted by atomic mass is 32.2. The number of aromatic nitrogens is 2. The molecule has 2 atom stereocenters. The molecule has 9 heteroatoms. The fourth-order valence-corrected chi connectivity index (χ4v) is 4.82. The fourth-order valence-electron chi connectivity index (χ4n) is 3.39. The first-order valence-electron chi connectivity index (χ1n) is 10.2. The number of rotatable bonds is 5. The van der Waals surface area contributed by atoms with Gasteiger partial charge in [0, 0.05) is 24.9 Å². The Balaban J connectivity index is 2.20. The van der Waals surface area contributed by atoms with Crippen LogP contribution in [0.1, 0.15) is 44.9 Å². The van der Waals surface area contributed by atoms with E-state index >= 15 is 0 Å². The standard InChI is InChI=1S/C23H29N3O4S2/c1-14-12-18(15(2)25-31(28)23(3,4)5)20-19(13-14)22(27)26(6)21(24-20)16-8-10-17(11-9-16)32(7,29)30/h8-13,15,25H,1-7H3/t15-,31-/m1/s1. The number of nitrogens with zero attached hydrogens (tertiary/aromatic N) is 2. The fraction of sp³-hybridized carbons (Fsp3) is 0.391. The maximum Gasteiger partial charge on any atom is 0.261 e. The second kappa shape index (κ2) is 8.53. The SMILES string of the molecule is Cc1cc([C@@H](C)N[S@](=O)C(C)(C)C)c2nc(-c3ccc(S(C)(=O)=O)cc3)n(C)c(=O)c2c1. The van der Waals surface area contributed by atoms with Crippen LogP contribution in [0.5, 0.6) is 0 Å². The van der Waals surface area contributed by atoms with Crippen molar-refractivity contribution in [2.24, 2.45) is 7.05 Å². The predicted octanol–water partition coefficient (Wildman–Crippen LogP) is 3.43. The summed E-state index contributed by atoms with van der Waals surface area (Å²) in [5.41, 5.74) is 2.65. The van der Waals surface area contributed by atoms with Crippen LogP contribution < -0.4 is 10.3 Å². The molecular formula is C23H29N3O4S2. The first-order chi connectivity index (χ1) is 14.7. The lowest BCUT2D eigenvalue weighted by Gasteiger charge is -2.23. The summed E-state index contributed by atoms with van der Waals surface area (Å²) in [6.07, 6.45) is 1.15. The highest BCUT2D eigenvalue weighted by molar-refractivity contribution is 7.90. The molecule has 0 saturated carbocycles. The van der Waals surface area contributed by atoms with Crippen LogP contribution in [0.25, 0.3) is 22.3 Å². The van der Waals surface area contributed by atoms with Crippen LogP contribution in [0.4, 0.5) is 0 Å². The van der Waals surface area contributed by atoms with Crippen LogP contribution in [0, 0.1) is 6.92 Å². The van der Waals surface area contributed by atoms with Crippen LogP contribution in [0.15, 0.2) is 46.1 Å². The maximum atomic E-state index is 13.2. The molecule has 32 heavy (non-hydrogen) atoms. The van der Waals surface area contributed by atoms with Crippen molar-refractivity contribution < 1.29 is 12.6 Å². The summed E-state index contributed by atoms with van der Waals surface area (Å²) in [4.78, 5) is 18.2. The molecule has 0 unspecified atom stereocenters. The average Bonchev–Trinajstić information content (AvgIpc) is 2.69. The molecule has 3 rings (SSSR count). The van der Waals surface area contributed by atoms with Crippen molar-refractivity contribution in [1.82, 2.24) is 14.3 Å². The van der Waals surface area contributed by atoms with Crippen molar-refractivity contribution in [2.75, 3.05) is 6.26 Å². The maximum absolute atomic E-state index is 13.2. The lowest BCUT2D eigenvalue weighted by Crippen LogP contribution is -2.35. The van der Waals surface area contributed by atoms with E-state index in [0.29, 0.717) is 22.3 Å². The molecule has 1 N–H and O–H groups in total. The van der Waals surface area contributed by atoms with Crippen LogP contribution in [0.3, 0.4) is 0 Å². The van der Waals surface area contributed by atoms with Gasteiger partial charge in [-0.25, -0.2) is 22.3 Å². The van der Waals surface area contributed by atoms with Crippen LogP contribution in [-0.2, 0) is 27.9 Å². The third-order valence-corrected chi connectivity index (χ3v) is 8.01. The Hall–Kier alpha value is -2.36. The van der Waals surface area contributed by atoms with E-state index in [4.69, 9.17) is 4.98 Å². The van der Waals surface area contributed by atoms with Crippen LogP contribution in [-0.4, -0.2) is 33.2 Å². The molecule has 0 amide bonds. The van der Waals surface area contributed by atoms with E-state index in [0.717, 1.165) is 17.4 Å². The van der Waals surface area contributed by atoms with Crippen molar-refractivity contribution in [2.45, 2.75) is 50.3 Å². The summed E-state index contributed by atoms with van der Waals surface area (Å²) >= 11 is 0. The summed E-state index contributed by atoms with van der Waals surface area (Å²) < 4.78 is 40.4. The van der Waals surface area contributed by atoms with Gasteiger partial charge in [-0.2, -0.15) is 0 Å². The molecule has 0 aliphatic rings. The highest BCUT2D eigenvalue weighted by Gasteiger charge is 2.24. The van der Waals surface area contributed by atoms with Gasteiger partial charge in [0.25, 0.3) is 5.56 Å². The first kappa shape index (κ1) is 24.3. The smallest absolute Gasteiger partial charge is 0.261 e. The zero-order valence-electron chi connectivity index (χ0n) is 19.4. The Kier molecular flexibility index (Phi) is 6.48. The number of aryl methyl sites for hydroxylation is 1. The zero-order chi connectivity index (χ0) is 24.0. The van der Waals surface area contributed by atoms with Gasteiger partial charge in [0.2, 0.25) is 0 Å². The number of sulfone groups is 1. The quantitative estimate of drug-likeness (QED) is 0.610. The van der Waals surface area contributed by atoms with E-state index in [1.54, 1.807) is 25.2 Å². The van der Waals surface area contributed by atoms with Crippen molar-refractivity contribution >= 4 is 31.7 Å². The van der Waals surface area contributed by atoms with Gasteiger partial charge in [-0.05, 0) is 76.1 Å². The molecule has 1 aromatic heterocycles. The Bertz CT molecular complexity index is 1370. The second-order valence-corrected chi connectivity index (χ2v) is 13.1. The van der Waals surface area contributed by atoms with Gasteiger partial charge in [-0.3, -0.25) is 9.36 Å². The number of hydrogen-bond donors (Lipinski definition) is 1. The number of hydrogen-bond acceptors (Lipinski definition) is 5. The molecule has 172 valence electrons. The molecule has 0 spiro atoms. The minimum atomic E-state index is -3.33. The van der Waals surface area contributed by atoms with Gasteiger partial charge >= 0.3 is 0 Å². The Labute approximate surface area is 191 Å². The van der Waals surface area contributed by atoms with Gasteiger partial charge in [-0.1, -0.05) is 6.07 Å². The van der Waals surface area contributed by atoms with Crippen molar-refractivity contribution in [3.63, 3.8) is 0 Å². The molecule has 2 aromatic carbocycles. The average molecular weight is 476 g/mol. The summed E-state index contributed by atoms with van der Waals surface area (Å²) in [6.45, 7) is 9.49. The van der Waals surface area contributed by atoms with Gasteiger partial charge in [0.15, 0.2) is 9.84 Å². The minimum Gasteiger partial charge on any atom is -0.295 e. The molecule has 3 aromatic rings. The Morgan fingerprint density at radius 1 is 1.12 bits per heavy atom. The first-order valence-corrected chi connectivity index (χ1v) is 13.2. The number of nitrogens with one attached hydrogen (secondary N) is 1. The Morgan fingerprint density at radius 2 is 1.72 bits per heavy atom. The van der Waals surface area contributed by atoms with Crippen molar-refractivity contribution in [3.8, 4) is 11.4 Å². The number of benzene rings is 2. The van der Waals surface area contributed by atoms with Gasteiger partial charge in [0.1, 0.15) is 5.82 Å². The van der Waals surface area contributed by atoms with E-state index in [9.17, 15) is 17.4 Å².